The van der Waals surface area contributed by atoms with Crippen LogP contribution in [0.1, 0.15) is 155 Å². The molecule has 0 bridgehead atoms. The smallest absolute Gasteiger partial charge is 0.306 e. The summed E-state index contributed by atoms with van der Waals surface area (Å²) in [5.74, 6) is -0.941. The fourth-order valence-electron chi connectivity index (χ4n) is 4.06. The summed E-state index contributed by atoms with van der Waals surface area (Å²) in [5.41, 5.74) is 0. The fraction of sp³-hybridized carbons (Fsp3) is 0.926. The Kier molecular flexibility index (Phi) is 22.8. The van der Waals surface area contributed by atoms with Crippen LogP contribution in [0.25, 0.3) is 0 Å². The Balaban J connectivity index is 4.00. The molecule has 0 heterocycles. The van der Waals surface area contributed by atoms with E-state index in [2.05, 4.69) is 13.8 Å². The maximum Gasteiger partial charge on any atom is 0.306 e. The highest BCUT2D eigenvalue weighted by atomic mass is 16.5. The summed E-state index contributed by atoms with van der Waals surface area (Å²) in [4.78, 5) is 22.8. The third-order valence-corrected chi connectivity index (χ3v) is 6.08. The van der Waals surface area contributed by atoms with Crippen molar-refractivity contribution in [3.05, 3.63) is 0 Å². The summed E-state index contributed by atoms with van der Waals surface area (Å²) >= 11 is 0. The third kappa shape index (κ3) is 23.4. The average molecular weight is 441 g/mol. The maximum absolute atomic E-state index is 12.2. The van der Waals surface area contributed by atoms with Gasteiger partial charge in [-0.15, -0.1) is 0 Å². The zero-order valence-electron chi connectivity index (χ0n) is 20.8. The topological polar surface area (TPSA) is 63.6 Å². The van der Waals surface area contributed by atoms with Crippen LogP contribution in [0.3, 0.4) is 0 Å². The highest BCUT2D eigenvalue weighted by Crippen LogP contribution is 2.18. The molecule has 0 radical (unpaired) electrons. The van der Waals surface area contributed by atoms with Crippen LogP contribution in [-0.2, 0) is 14.3 Å². The Morgan fingerprint density at radius 1 is 0.581 bits per heavy atom. The van der Waals surface area contributed by atoms with Crippen LogP contribution in [0.15, 0.2) is 0 Å². The van der Waals surface area contributed by atoms with Gasteiger partial charge in [0.25, 0.3) is 0 Å². The molecule has 0 spiro atoms. The zero-order valence-corrected chi connectivity index (χ0v) is 20.8. The number of aliphatic carboxylic acids is 1. The molecule has 1 unspecified atom stereocenters. The minimum absolute atomic E-state index is 0.0483. The molecular formula is C27H52O4. The molecule has 4 nitrogen and oxygen atoms in total. The summed E-state index contributed by atoms with van der Waals surface area (Å²) in [6.07, 6.45) is 24.4. The lowest BCUT2D eigenvalue weighted by atomic mass is 10.0. The molecular weight excluding hydrogens is 388 g/mol. The number of hydrogen-bond donors (Lipinski definition) is 1. The first-order valence-corrected chi connectivity index (χ1v) is 13.5. The lowest BCUT2D eigenvalue weighted by molar-refractivity contribution is -0.150. The van der Waals surface area contributed by atoms with Crippen molar-refractivity contribution in [1.82, 2.24) is 0 Å². The molecule has 31 heavy (non-hydrogen) atoms. The largest absolute Gasteiger partial charge is 0.481 e. The lowest BCUT2D eigenvalue weighted by Gasteiger charge is -2.18. The monoisotopic (exact) mass is 440 g/mol. The normalized spacial score (nSPS) is 12.1. The number of carbonyl (C=O) groups excluding carboxylic acids is 1. The van der Waals surface area contributed by atoms with Crippen LogP contribution >= 0.6 is 0 Å². The average Bonchev–Trinajstić information content (AvgIpc) is 2.74. The van der Waals surface area contributed by atoms with E-state index in [0.717, 1.165) is 25.7 Å². The standard InChI is InChI=1S/C27H52O4/c1-3-5-7-9-11-12-13-14-16-18-22-25(21-17-15-10-8-6-4-2)31-27(30)24-20-19-23-26(28)29/h25H,3-24H2,1-2H3,(H,28,29). The van der Waals surface area contributed by atoms with Crippen LogP contribution in [0.5, 0.6) is 0 Å². The number of carboxylic acids is 1. The second-order valence-corrected chi connectivity index (χ2v) is 9.24. The predicted molar refractivity (Wildman–Crippen MR) is 130 cm³/mol. The van der Waals surface area contributed by atoms with Gasteiger partial charge < -0.3 is 9.84 Å². The highest BCUT2D eigenvalue weighted by Gasteiger charge is 2.14. The minimum Gasteiger partial charge on any atom is -0.481 e. The van der Waals surface area contributed by atoms with Crippen LogP contribution in [0, 0.1) is 0 Å². The van der Waals surface area contributed by atoms with Gasteiger partial charge in [-0.3, -0.25) is 9.59 Å². The Morgan fingerprint density at radius 2 is 0.968 bits per heavy atom. The molecule has 1 atom stereocenters. The Morgan fingerprint density at radius 3 is 1.39 bits per heavy atom. The van der Waals surface area contributed by atoms with Gasteiger partial charge in [-0.2, -0.15) is 0 Å². The van der Waals surface area contributed by atoms with Crippen LogP contribution in [0.4, 0.5) is 0 Å². The van der Waals surface area contributed by atoms with E-state index in [9.17, 15) is 9.59 Å². The first kappa shape index (κ1) is 29.9. The van der Waals surface area contributed by atoms with Gasteiger partial charge >= 0.3 is 11.9 Å². The number of ether oxygens (including phenoxy) is 1. The number of carbonyl (C=O) groups is 2. The van der Waals surface area contributed by atoms with E-state index in [-0.39, 0.29) is 18.5 Å². The van der Waals surface area contributed by atoms with Gasteiger partial charge in [-0.1, -0.05) is 104 Å². The molecule has 0 fully saturated rings. The second kappa shape index (κ2) is 23.6. The fourth-order valence-corrected chi connectivity index (χ4v) is 4.06. The number of hydrogen-bond acceptors (Lipinski definition) is 3. The Hall–Kier alpha value is -1.06. The van der Waals surface area contributed by atoms with Crippen molar-refractivity contribution in [3.63, 3.8) is 0 Å². The van der Waals surface area contributed by atoms with Crippen molar-refractivity contribution in [2.75, 3.05) is 0 Å². The summed E-state index contributed by atoms with van der Waals surface area (Å²) < 4.78 is 5.78. The Labute approximate surface area is 192 Å². The lowest BCUT2D eigenvalue weighted by Crippen LogP contribution is -2.18. The first-order chi connectivity index (χ1) is 15.1. The van der Waals surface area contributed by atoms with E-state index in [4.69, 9.17) is 9.84 Å². The van der Waals surface area contributed by atoms with E-state index in [1.165, 1.54) is 89.9 Å². The van der Waals surface area contributed by atoms with E-state index >= 15 is 0 Å². The molecule has 0 aliphatic carbocycles. The number of unbranched alkanes of at least 4 members (excludes halogenated alkanes) is 15. The maximum atomic E-state index is 12.2. The van der Waals surface area contributed by atoms with Crippen molar-refractivity contribution in [2.24, 2.45) is 0 Å². The van der Waals surface area contributed by atoms with Crippen molar-refractivity contribution in [3.8, 4) is 0 Å². The van der Waals surface area contributed by atoms with Crippen molar-refractivity contribution in [1.29, 1.82) is 0 Å². The number of esters is 1. The molecule has 4 heteroatoms. The Bertz CT molecular complexity index is 408. The molecule has 0 aliphatic rings. The predicted octanol–water partition coefficient (Wildman–Crippen LogP) is 8.60. The molecule has 0 aromatic heterocycles. The van der Waals surface area contributed by atoms with Crippen LogP contribution in [-0.4, -0.2) is 23.1 Å². The summed E-state index contributed by atoms with van der Waals surface area (Å²) in [6.45, 7) is 4.49. The molecule has 0 aromatic rings. The summed E-state index contributed by atoms with van der Waals surface area (Å²) in [6, 6.07) is 0. The van der Waals surface area contributed by atoms with Crippen molar-refractivity contribution < 1.29 is 19.4 Å². The molecule has 1 N–H and O–H groups in total. The molecule has 0 aliphatic heterocycles. The van der Waals surface area contributed by atoms with Crippen molar-refractivity contribution >= 4 is 11.9 Å². The van der Waals surface area contributed by atoms with Gasteiger partial charge in [-0.25, -0.2) is 0 Å². The summed E-state index contributed by atoms with van der Waals surface area (Å²) in [5, 5.41) is 8.71. The van der Waals surface area contributed by atoms with Crippen LogP contribution in [0.2, 0.25) is 0 Å². The van der Waals surface area contributed by atoms with Crippen molar-refractivity contribution in [2.45, 2.75) is 161 Å². The van der Waals surface area contributed by atoms with Gasteiger partial charge in [0.15, 0.2) is 0 Å². The molecule has 0 amide bonds. The molecule has 0 aromatic carbocycles. The van der Waals surface area contributed by atoms with E-state index in [1.54, 1.807) is 0 Å². The van der Waals surface area contributed by atoms with Gasteiger partial charge in [0.2, 0.25) is 0 Å². The number of carboxylic acid groups (broad SMARTS) is 1. The van der Waals surface area contributed by atoms with Gasteiger partial charge in [0.1, 0.15) is 6.10 Å². The molecule has 0 rings (SSSR count). The summed E-state index contributed by atoms with van der Waals surface area (Å²) in [7, 11) is 0. The quantitative estimate of drug-likeness (QED) is 0.120. The van der Waals surface area contributed by atoms with E-state index < -0.39 is 5.97 Å². The van der Waals surface area contributed by atoms with Gasteiger partial charge in [0.05, 0.1) is 0 Å². The SMILES string of the molecule is CCCCCCCCCCCCC(CCCCCCCC)OC(=O)CCCCC(=O)O. The second-order valence-electron chi connectivity index (χ2n) is 9.24. The molecule has 0 saturated heterocycles. The minimum atomic E-state index is -0.796. The van der Waals surface area contributed by atoms with Crippen LogP contribution < -0.4 is 0 Å². The number of rotatable bonds is 24. The highest BCUT2D eigenvalue weighted by molar-refractivity contribution is 5.70. The first-order valence-electron chi connectivity index (χ1n) is 13.5. The molecule has 0 saturated carbocycles. The van der Waals surface area contributed by atoms with Gasteiger partial charge in [0, 0.05) is 12.8 Å². The third-order valence-electron chi connectivity index (χ3n) is 6.08. The molecule has 184 valence electrons. The van der Waals surface area contributed by atoms with E-state index in [1.807, 2.05) is 0 Å². The van der Waals surface area contributed by atoms with E-state index in [0.29, 0.717) is 19.3 Å². The van der Waals surface area contributed by atoms with Gasteiger partial charge in [-0.05, 0) is 38.5 Å². The zero-order chi connectivity index (χ0) is 23.0.